The molecule has 0 unspecified atom stereocenters. The summed E-state index contributed by atoms with van der Waals surface area (Å²) in [5.41, 5.74) is -0.217. The number of carbonyl (C=O) groups is 5. The van der Waals surface area contributed by atoms with Crippen LogP contribution in [0.5, 0.6) is 0 Å². The molecule has 18 nitrogen and oxygen atoms in total. The largest absolute Gasteiger partial charge is 1.00 e. The monoisotopic (exact) mass is 726 g/mol. The van der Waals surface area contributed by atoms with Crippen LogP contribution in [0.2, 0.25) is 0 Å². The number of non-ortho nitro benzene ring substituents is 1. The van der Waals surface area contributed by atoms with Crippen molar-refractivity contribution in [3.63, 3.8) is 0 Å². The summed E-state index contributed by atoms with van der Waals surface area (Å²) in [5.74, 6) is -4.58. The summed E-state index contributed by atoms with van der Waals surface area (Å²) in [5, 5.41) is 41.8. The Hall–Kier alpha value is -4.50. The molecule has 50 heavy (non-hydrogen) atoms. The molecule has 3 aromatic carbocycles. The summed E-state index contributed by atoms with van der Waals surface area (Å²) in [6.07, 6.45) is -5.16. The molecule has 0 bridgehead atoms. The third kappa shape index (κ3) is 12.8. The molecule has 0 fully saturated rings. The molecule has 0 saturated heterocycles. The zero-order chi connectivity index (χ0) is 37.1. The fraction of sp³-hybridized carbons (Fsp3) is 0.300. The number of fused-ring (bicyclic) bond motifs is 1. The summed E-state index contributed by atoms with van der Waals surface area (Å²) in [6, 6.07) is 14.8. The Morgan fingerprint density at radius 1 is 0.960 bits per heavy atom. The Bertz CT molecular complexity index is 1880. The van der Waals surface area contributed by atoms with E-state index in [2.05, 4.69) is 26.3 Å². The first kappa shape index (κ1) is 43.5. The minimum Gasteiger partial charge on any atom is -0.457 e. The summed E-state index contributed by atoms with van der Waals surface area (Å²) in [4.78, 5) is 66.2. The number of nitrogens with one attached hydrogen (secondary N) is 1. The molecule has 0 heterocycles. The van der Waals surface area contributed by atoms with Crippen molar-refractivity contribution < 1.29 is 91.1 Å². The molecule has 1 amide bonds. The molecule has 20 heteroatoms. The van der Waals surface area contributed by atoms with Crippen LogP contribution < -0.4 is 34.9 Å². The first-order chi connectivity index (χ1) is 22.9. The van der Waals surface area contributed by atoms with E-state index in [1.54, 1.807) is 18.2 Å². The van der Waals surface area contributed by atoms with Gasteiger partial charge < -0.3 is 25.0 Å². The number of aliphatic hydroxyl groups excluding tert-OH is 2. The SMILES string of the molecule is CC(=O)N[C@@H](C(=O)C(C)=O)[C@@H](OC(C)=O)[C@H](O)[C@@H](CO)OC(C)=O.O=[N+]([O-])c1ccc(N=Nc2cc[c-]c3ccccc23)c(S(=O)(=O)O)c1.[Na+]. The number of ether oxygens (including phenoxy) is 2. The second-order valence-electron chi connectivity index (χ2n) is 9.99. The number of hydrogen-bond donors (Lipinski definition) is 4. The number of amides is 1. The van der Waals surface area contributed by atoms with Crippen LogP contribution in [0.15, 0.2) is 69.7 Å². The Labute approximate surface area is 307 Å². The van der Waals surface area contributed by atoms with Gasteiger partial charge in [-0.25, -0.2) is 0 Å². The maximum Gasteiger partial charge on any atom is 1.00 e. The number of nitro groups is 1. The number of ketones is 2. The van der Waals surface area contributed by atoms with Gasteiger partial charge in [-0.05, 0) is 6.07 Å². The van der Waals surface area contributed by atoms with E-state index in [0.29, 0.717) is 5.69 Å². The fourth-order valence-electron chi connectivity index (χ4n) is 4.13. The number of hydrogen-bond acceptors (Lipinski definition) is 15. The second-order valence-corrected chi connectivity index (χ2v) is 11.4. The van der Waals surface area contributed by atoms with Gasteiger partial charge in [0.1, 0.15) is 22.7 Å². The van der Waals surface area contributed by atoms with Crippen molar-refractivity contribution in [2.24, 2.45) is 10.2 Å². The van der Waals surface area contributed by atoms with Crippen LogP contribution in [0.3, 0.4) is 0 Å². The number of nitrogens with zero attached hydrogens (tertiary/aromatic N) is 3. The quantitative estimate of drug-likeness (QED) is 0.0242. The molecule has 0 saturated carbocycles. The van der Waals surface area contributed by atoms with E-state index < -0.39 is 86.0 Å². The number of rotatable bonds is 13. The van der Waals surface area contributed by atoms with Crippen molar-refractivity contribution in [2.75, 3.05) is 6.61 Å². The minimum atomic E-state index is -4.70. The predicted molar refractivity (Wildman–Crippen MR) is 167 cm³/mol. The van der Waals surface area contributed by atoms with E-state index in [4.69, 9.17) is 4.74 Å². The number of carbonyl (C=O) groups excluding carboxylic acids is 5. The number of nitro benzene ring substituents is 1. The number of azo groups is 1. The number of benzene rings is 3. The first-order valence-electron chi connectivity index (χ1n) is 13.9. The van der Waals surface area contributed by atoms with E-state index in [-0.39, 0.29) is 35.2 Å². The molecule has 0 radical (unpaired) electrons. The van der Waals surface area contributed by atoms with Gasteiger partial charge in [0.25, 0.3) is 15.8 Å². The van der Waals surface area contributed by atoms with E-state index in [1.165, 1.54) is 0 Å². The standard InChI is InChI=1S/C16H10N3O5S.C14H21NO9.Na/c20-19(21)12-8-9-15(16(10-12)25(22,23)24)18-17-14-7-3-5-11-4-1-2-6-13(11)14;1-6(17)12(21)11(15-7(2)18)14(24-9(4)20)13(22)10(5-16)23-8(3)19;/h1-4,6-10H,(H,22,23,24);10-11,13-14,16,22H,5H2,1-4H3,(H,15,18);/q-1;;+1/t;10-,11+,13-,14-;/m.1./s1. The molecule has 0 aliphatic heterocycles. The summed E-state index contributed by atoms with van der Waals surface area (Å²) in [7, 11) is -4.70. The van der Waals surface area contributed by atoms with E-state index in [9.17, 15) is 57.3 Å². The molecule has 0 aliphatic rings. The predicted octanol–water partition coefficient (Wildman–Crippen LogP) is -0.920. The van der Waals surface area contributed by atoms with Gasteiger partial charge in [-0.2, -0.15) is 18.6 Å². The Morgan fingerprint density at radius 3 is 2.08 bits per heavy atom. The van der Waals surface area contributed by atoms with Crippen LogP contribution in [0.1, 0.15) is 27.7 Å². The van der Waals surface area contributed by atoms with Gasteiger partial charge in [0.15, 0.2) is 18.0 Å². The Kier molecular flexibility index (Phi) is 17.1. The summed E-state index contributed by atoms with van der Waals surface area (Å²) >= 11 is 0. The van der Waals surface area contributed by atoms with Crippen LogP contribution in [0.25, 0.3) is 10.8 Å². The van der Waals surface area contributed by atoms with Gasteiger partial charge in [0, 0.05) is 45.5 Å². The van der Waals surface area contributed by atoms with Crippen LogP contribution in [-0.2, 0) is 43.6 Å². The van der Waals surface area contributed by atoms with E-state index in [1.807, 2.05) is 18.2 Å². The smallest absolute Gasteiger partial charge is 0.457 e. The molecule has 0 aliphatic carbocycles. The van der Waals surface area contributed by atoms with Gasteiger partial charge in [-0.15, -0.1) is 35.7 Å². The van der Waals surface area contributed by atoms with Crippen molar-refractivity contribution in [1.82, 2.24) is 5.32 Å². The Morgan fingerprint density at radius 2 is 1.56 bits per heavy atom. The Balaban J connectivity index is 0.000000491. The number of aliphatic hydroxyl groups is 2. The molecular weight excluding hydrogens is 695 g/mol. The van der Waals surface area contributed by atoms with Crippen LogP contribution in [-0.4, -0.2) is 88.5 Å². The van der Waals surface area contributed by atoms with Crippen LogP contribution in [0.4, 0.5) is 17.1 Å². The van der Waals surface area contributed by atoms with Gasteiger partial charge in [-0.1, -0.05) is 17.5 Å². The average molecular weight is 727 g/mol. The van der Waals surface area contributed by atoms with Crippen molar-refractivity contribution >= 4 is 67.4 Å². The normalized spacial score (nSPS) is 13.3. The van der Waals surface area contributed by atoms with Gasteiger partial charge in [-0.3, -0.25) is 38.6 Å². The average Bonchev–Trinajstić information content (AvgIpc) is 3.02. The molecule has 0 spiro atoms. The van der Waals surface area contributed by atoms with Crippen LogP contribution >= 0.6 is 0 Å². The molecule has 262 valence electrons. The third-order valence-electron chi connectivity index (χ3n) is 6.21. The fourth-order valence-corrected chi connectivity index (χ4v) is 4.78. The maximum absolute atomic E-state index is 12.0. The maximum atomic E-state index is 12.0. The van der Waals surface area contributed by atoms with Crippen LogP contribution in [0, 0.1) is 16.2 Å². The summed E-state index contributed by atoms with van der Waals surface area (Å²) < 4.78 is 41.8. The van der Waals surface area contributed by atoms with Gasteiger partial charge >= 0.3 is 41.5 Å². The number of esters is 2. The zero-order valence-corrected chi connectivity index (χ0v) is 30.1. The molecule has 4 atom stereocenters. The molecule has 0 aromatic heterocycles. The van der Waals surface area contributed by atoms with Crippen molar-refractivity contribution in [3.8, 4) is 0 Å². The van der Waals surface area contributed by atoms with Gasteiger partial charge in [0.05, 0.1) is 11.5 Å². The second kappa shape index (κ2) is 19.6. The van der Waals surface area contributed by atoms with Crippen molar-refractivity contribution in [3.05, 3.63) is 70.8 Å². The third-order valence-corrected chi connectivity index (χ3v) is 7.10. The zero-order valence-electron chi connectivity index (χ0n) is 27.3. The first-order valence-corrected chi connectivity index (χ1v) is 15.3. The van der Waals surface area contributed by atoms with E-state index >= 15 is 0 Å². The molecule has 3 rings (SSSR count). The van der Waals surface area contributed by atoms with Crippen molar-refractivity contribution in [1.29, 1.82) is 0 Å². The topological polar surface area (TPSA) is 279 Å². The summed E-state index contributed by atoms with van der Waals surface area (Å²) in [6.45, 7) is 3.13. The molecule has 3 aromatic rings. The van der Waals surface area contributed by atoms with Gasteiger partial charge in [0.2, 0.25) is 11.7 Å². The van der Waals surface area contributed by atoms with Crippen molar-refractivity contribution in [2.45, 2.75) is 56.9 Å². The molecular formula is C30H31N4NaO14S. The number of Topliss-reactive ketones (excluding diaryl/α,β-unsaturated/α-hetero) is 2. The minimum absolute atomic E-state index is 0. The van der Waals surface area contributed by atoms with E-state index in [0.717, 1.165) is 56.7 Å². The molecule has 4 N–H and O–H groups in total.